The maximum Gasteiger partial charge on any atom is 0.263 e. The van der Waals surface area contributed by atoms with Gasteiger partial charge in [-0.1, -0.05) is 18.9 Å². The summed E-state index contributed by atoms with van der Waals surface area (Å²) in [6.07, 6.45) is 11.6. The summed E-state index contributed by atoms with van der Waals surface area (Å²) >= 11 is 1.64. The van der Waals surface area contributed by atoms with Crippen molar-refractivity contribution in [2.75, 3.05) is 19.6 Å². The maximum absolute atomic E-state index is 12.9. The number of nitrogens with one attached hydrogen (secondary N) is 1. The number of fused-ring (bicyclic) bond motifs is 1. The van der Waals surface area contributed by atoms with Crippen molar-refractivity contribution in [2.24, 2.45) is 5.92 Å². The quantitative estimate of drug-likeness (QED) is 0.817. The minimum Gasteiger partial charge on any atom is -0.356 e. The van der Waals surface area contributed by atoms with E-state index in [-0.39, 0.29) is 17.7 Å². The molecule has 1 saturated heterocycles. The zero-order chi connectivity index (χ0) is 20.1. The predicted molar refractivity (Wildman–Crippen MR) is 115 cm³/mol. The lowest BCUT2D eigenvalue weighted by molar-refractivity contribution is -0.125. The summed E-state index contributed by atoms with van der Waals surface area (Å²) in [7, 11) is 0. The van der Waals surface area contributed by atoms with E-state index in [0.717, 1.165) is 62.1 Å². The van der Waals surface area contributed by atoms with Crippen LogP contribution in [0.5, 0.6) is 0 Å². The van der Waals surface area contributed by atoms with E-state index in [0.29, 0.717) is 6.54 Å². The highest BCUT2D eigenvalue weighted by atomic mass is 32.1. The van der Waals surface area contributed by atoms with Crippen LogP contribution in [0.2, 0.25) is 0 Å². The number of hydrogen-bond acceptors (Lipinski definition) is 4. The van der Waals surface area contributed by atoms with Gasteiger partial charge in [-0.3, -0.25) is 14.6 Å². The molecule has 1 atom stereocenters. The molecule has 6 heteroatoms. The van der Waals surface area contributed by atoms with Crippen molar-refractivity contribution in [2.45, 2.75) is 51.4 Å². The van der Waals surface area contributed by atoms with Gasteiger partial charge in [0.25, 0.3) is 5.91 Å². The Labute approximate surface area is 176 Å². The summed E-state index contributed by atoms with van der Waals surface area (Å²) < 4.78 is 0. The molecule has 2 aliphatic rings. The number of aromatic nitrogens is 1. The average Bonchev–Trinajstić information content (AvgIpc) is 2.99. The van der Waals surface area contributed by atoms with Crippen molar-refractivity contribution in [1.82, 2.24) is 15.2 Å². The van der Waals surface area contributed by atoms with Crippen LogP contribution in [0.4, 0.5) is 0 Å². The molecule has 2 amide bonds. The number of pyridine rings is 1. The first-order valence-electron chi connectivity index (χ1n) is 10.8. The summed E-state index contributed by atoms with van der Waals surface area (Å²) in [5, 5.41) is 3.08. The molecule has 0 unspecified atom stereocenters. The van der Waals surface area contributed by atoms with E-state index in [2.05, 4.69) is 16.4 Å². The third-order valence-corrected chi connectivity index (χ3v) is 7.22. The number of carbonyl (C=O) groups excluding carboxylic acids is 2. The molecule has 5 nitrogen and oxygen atoms in total. The summed E-state index contributed by atoms with van der Waals surface area (Å²) in [5.74, 6) is 0.321. The normalized spacial score (nSPS) is 19.3. The first kappa shape index (κ1) is 20.1. The van der Waals surface area contributed by atoms with Gasteiger partial charge < -0.3 is 10.2 Å². The average molecular weight is 412 g/mol. The zero-order valence-electron chi connectivity index (χ0n) is 16.9. The van der Waals surface area contributed by atoms with Crippen LogP contribution in [-0.2, 0) is 24.1 Å². The highest BCUT2D eigenvalue weighted by Gasteiger charge is 2.28. The van der Waals surface area contributed by atoms with Crippen molar-refractivity contribution >= 4 is 23.2 Å². The molecule has 0 aromatic carbocycles. The van der Waals surface area contributed by atoms with Gasteiger partial charge in [0.15, 0.2) is 0 Å². The number of aryl methyl sites for hydroxylation is 1. The monoisotopic (exact) mass is 411 g/mol. The second-order valence-electron chi connectivity index (χ2n) is 8.11. The molecule has 2 aromatic heterocycles. The Morgan fingerprint density at radius 2 is 2.03 bits per heavy atom. The van der Waals surface area contributed by atoms with E-state index in [9.17, 15) is 9.59 Å². The molecule has 1 fully saturated rings. The van der Waals surface area contributed by atoms with Crippen molar-refractivity contribution in [3.05, 3.63) is 51.5 Å². The van der Waals surface area contributed by atoms with Gasteiger partial charge in [-0.15, -0.1) is 11.3 Å². The molecule has 0 saturated carbocycles. The second-order valence-corrected chi connectivity index (χ2v) is 9.24. The van der Waals surface area contributed by atoms with Crippen LogP contribution in [-0.4, -0.2) is 41.3 Å². The van der Waals surface area contributed by atoms with Gasteiger partial charge in [0, 0.05) is 42.8 Å². The van der Waals surface area contributed by atoms with Crippen LogP contribution >= 0.6 is 11.3 Å². The molecule has 154 valence electrons. The fourth-order valence-corrected chi connectivity index (χ4v) is 5.48. The third-order valence-electron chi connectivity index (χ3n) is 5.99. The van der Waals surface area contributed by atoms with E-state index in [1.54, 1.807) is 17.5 Å². The first-order chi connectivity index (χ1) is 14.2. The number of rotatable bonds is 5. The Hall–Kier alpha value is -2.21. The van der Waals surface area contributed by atoms with Crippen LogP contribution in [0.3, 0.4) is 0 Å². The largest absolute Gasteiger partial charge is 0.356 e. The Kier molecular flexibility index (Phi) is 6.60. The molecule has 0 spiro atoms. The predicted octanol–water partition coefficient (Wildman–Crippen LogP) is 3.62. The van der Waals surface area contributed by atoms with E-state index < -0.39 is 0 Å². The SMILES string of the molecule is O=C(NCCc1cccnc1)[C@H]1CCc2sc(C(=O)N3CCCCCC3)cc2C1. The van der Waals surface area contributed by atoms with Crippen LogP contribution < -0.4 is 5.32 Å². The summed E-state index contributed by atoms with van der Waals surface area (Å²) in [6.45, 7) is 2.39. The highest BCUT2D eigenvalue weighted by molar-refractivity contribution is 7.14. The molecular weight excluding hydrogens is 382 g/mol. The van der Waals surface area contributed by atoms with Crippen molar-refractivity contribution < 1.29 is 9.59 Å². The molecular formula is C23H29N3O2S. The number of carbonyl (C=O) groups is 2. The fraction of sp³-hybridized carbons (Fsp3) is 0.522. The zero-order valence-corrected chi connectivity index (χ0v) is 17.7. The number of thiophene rings is 1. The highest BCUT2D eigenvalue weighted by Crippen LogP contribution is 2.33. The minimum absolute atomic E-state index is 0.00661. The topological polar surface area (TPSA) is 62.3 Å². The summed E-state index contributed by atoms with van der Waals surface area (Å²) in [4.78, 5) is 33.8. The molecule has 1 aliphatic carbocycles. The number of hydrogen-bond donors (Lipinski definition) is 1. The third kappa shape index (κ3) is 5.04. The van der Waals surface area contributed by atoms with Crippen molar-refractivity contribution in [1.29, 1.82) is 0 Å². The summed E-state index contributed by atoms with van der Waals surface area (Å²) in [5.41, 5.74) is 2.33. The van der Waals surface area contributed by atoms with E-state index in [1.807, 2.05) is 23.2 Å². The molecule has 1 N–H and O–H groups in total. The van der Waals surface area contributed by atoms with Crippen LogP contribution in [0.15, 0.2) is 30.6 Å². The number of amides is 2. The standard InChI is InChI=1S/C23H29N3O2S/c27-22(25-11-9-17-6-5-10-24-16-17)18-7-8-20-19(14-18)15-21(29-20)23(28)26-12-3-1-2-4-13-26/h5-6,10,15-16,18H,1-4,7-9,11-14H2,(H,25,27)/t18-/m0/s1. The molecule has 3 heterocycles. The van der Waals surface area contributed by atoms with Crippen LogP contribution in [0.25, 0.3) is 0 Å². The molecule has 1 aliphatic heterocycles. The molecule has 2 aromatic rings. The molecule has 0 radical (unpaired) electrons. The van der Waals surface area contributed by atoms with Gasteiger partial charge in [0.05, 0.1) is 4.88 Å². The van der Waals surface area contributed by atoms with E-state index in [4.69, 9.17) is 0 Å². The van der Waals surface area contributed by atoms with Gasteiger partial charge in [0.1, 0.15) is 0 Å². The maximum atomic E-state index is 12.9. The fourth-order valence-electron chi connectivity index (χ4n) is 4.30. The molecule has 29 heavy (non-hydrogen) atoms. The Bertz CT molecular complexity index is 841. The first-order valence-corrected chi connectivity index (χ1v) is 11.6. The van der Waals surface area contributed by atoms with Crippen LogP contribution in [0, 0.1) is 5.92 Å². The Balaban J connectivity index is 1.32. The Morgan fingerprint density at radius 3 is 2.79 bits per heavy atom. The number of likely N-dealkylation sites (tertiary alicyclic amines) is 1. The second kappa shape index (κ2) is 9.53. The number of nitrogens with zero attached hydrogens (tertiary/aromatic N) is 2. The van der Waals surface area contributed by atoms with Gasteiger partial charge in [-0.05, 0) is 61.8 Å². The van der Waals surface area contributed by atoms with Crippen molar-refractivity contribution in [3.63, 3.8) is 0 Å². The summed E-state index contributed by atoms with van der Waals surface area (Å²) in [6, 6.07) is 6.00. The lowest BCUT2D eigenvalue weighted by Crippen LogP contribution is -2.35. The molecule has 0 bridgehead atoms. The lowest BCUT2D eigenvalue weighted by Gasteiger charge is -2.21. The smallest absolute Gasteiger partial charge is 0.263 e. The Morgan fingerprint density at radius 1 is 1.21 bits per heavy atom. The van der Waals surface area contributed by atoms with Gasteiger partial charge in [-0.25, -0.2) is 0 Å². The van der Waals surface area contributed by atoms with Crippen molar-refractivity contribution in [3.8, 4) is 0 Å². The van der Waals surface area contributed by atoms with E-state index >= 15 is 0 Å². The van der Waals surface area contributed by atoms with Gasteiger partial charge in [-0.2, -0.15) is 0 Å². The minimum atomic E-state index is 0.00661. The lowest BCUT2D eigenvalue weighted by atomic mass is 9.87. The van der Waals surface area contributed by atoms with Gasteiger partial charge in [0.2, 0.25) is 5.91 Å². The van der Waals surface area contributed by atoms with E-state index in [1.165, 1.54) is 23.3 Å². The molecule has 4 rings (SSSR count). The van der Waals surface area contributed by atoms with Crippen LogP contribution in [0.1, 0.15) is 57.8 Å². The van der Waals surface area contributed by atoms with Gasteiger partial charge >= 0.3 is 0 Å².